The van der Waals surface area contributed by atoms with E-state index in [9.17, 15) is 8.78 Å². The molecule has 0 radical (unpaired) electrons. The lowest BCUT2D eigenvalue weighted by Gasteiger charge is -2.38. The van der Waals surface area contributed by atoms with Gasteiger partial charge in [-0.1, -0.05) is 12.1 Å². The summed E-state index contributed by atoms with van der Waals surface area (Å²) >= 11 is 0. The van der Waals surface area contributed by atoms with E-state index < -0.39 is 6.08 Å². The fourth-order valence-corrected chi connectivity index (χ4v) is 2.87. The van der Waals surface area contributed by atoms with Gasteiger partial charge in [0.2, 0.25) is 0 Å². The highest BCUT2D eigenvalue weighted by Crippen LogP contribution is 2.28. The van der Waals surface area contributed by atoms with Crippen molar-refractivity contribution in [1.29, 1.82) is 0 Å². The first-order chi connectivity index (χ1) is 9.54. The Kier molecular flexibility index (Phi) is 4.76. The minimum atomic E-state index is -1.57. The molecule has 2 rings (SSSR count). The third kappa shape index (κ3) is 3.57. The van der Waals surface area contributed by atoms with Crippen molar-refractivity contribution in [3.8, 4) is 5.75 Å². The number of nitrogens with zero attached hydrogens (tertiary/aromatic N) is 1. The Morgan fingerprint density at radius 2 is 1.70 bits per heavy atom. The third-order valence-electron chi connectivity index (χ3n) is 4.10. The van der Waals surface area contributed by atoms with Gasteiger partial charge in [-0.2, -0.15) is 8.78 Å². The molecule has 1 aromatic rings. The Labute approximate surface area is 119 Å². The summed E-state index contributed by atoms with van der Waals surface area (Å²) in [5, 5.41) is 0. The number of piperidine rings is 1. The van der Waals surface area contributed by atoms with E-state index >= 15 is 0 Å². The maximum Gasteiger partial charge on any atom is 0.279 e. The van der Waals surface area contributed by atoms with Gasteiger partial charge in [-0.25, -0.2) is 0 Å². The van der Waals surface area contributed by atoms with Crippen LogP contribution in [0.25, 0.3) is 5.57 Å². The van der Waals surface area contributed by atoms with E-state index in [-0.39, 0.29) is 5.57 Å². The Morgan fingerprint density at radius 3 is 2.20 bits per heavy atom. The van der Waals surface area contributed by atoms with E-state index in [1.54, 1.807) is 31.4 Å². The summed E-state index contributed by atoms with van der Waals surface area (Å²) < 4.78 is 32.4. The smallest absolute Gasteiger partial charge is 0.279 e. The molecule has 1 aliphatic heterocycles. The van der Waals surface area contributed by atoms with Crippen LogP contribution in [0, 0.1) is 0 Å². The summed E-state index contributed by atoms with van der Waals surface area (Å²) in [5.74, 6) is 0.686. The van der Waals surface area contributed by atoms with E-state index in [1.807, 2.05) is 0 Å². The normalized spacial score (nSPS) is 17.6. The Bertz CT molecular complexity index is 472. The van der Waals surface area contributed by atoms with Gasteiger partial charge in [-0.05, 0) is 37.0 Å². The summed E-state index contributed by atoms with van der Waals surface area (Å²) in [6.45, 7) is 2.36. The first-order valence-corrected chi connectivity index (χ1v) is 7.06. The number of methoxy groups -OCH3 is 1. The molecule has 0 N–H and O–H groups in total. The lowest BCUT2D eigenvalue weighted by atomic mass is 10.0. The van der Waals surface area contributed by atoms with Crippen LogP contribution in [0.2, 0.25) is 0 Å². The van der Waals surface area contributed by atoms with Crippen LogP contribution >= 0.6 is 0 Å². The highest BCUT2D eigenvalue weighted by molar-refractivity contribution is 5.67. The number of hydrogen-bond acceptors (Lipinski definition) is 1. The largest absolute Gasteiger partial charge is 0.497 e. The molecule has 1 saturated heterocycles. The molecular formula is C16H22F2NO+. The minimum Gasteiger partial charge on any atom is -0.497 e. The number of halogens is 2. The molecule has 0 atom stereocenters. The first kappa shape index (κ1) is 15.0. The van der Waals surface area contributed by atoms with Crippen molar-refractivity contribution < 1.29 is 18.0 Å². The number of quaternary nitrogens is 1. The first-order valence-electron chi connectivity index (χ1n) is 7.06. The molecule has 0 amide bonds. The second-order valence-corrected chi connectivity index (χ2v) is 5.75. The SMILES string of the molecule is COc1ccc(C(C[N+]2(C)CCCCC2)=C(F)F)cc1. The van der Waals surface area contributed by atoms with Gasteiger partial charge in [0.1, 0.15) is 12.3 Å². The van der Waals surface area contributed by atoms with Crippen molar-refractivity contribution in [3.63, 3.8) is 0 Å². The molecule has 0 aliphatic carbocycles. The van der Waals surface area contributed by atoms with Crippen LogP contribution in [-0.4, -0.2) is 38.3 Å². The molecule has 0 saturated carbocycles. The van der Waals surface area contributed by atoms with Crippen molar-refractivity contribution in [3.05, 3.63) is 35.9 Å². The van der Waals surface area contributed by atoms with Gasteiger partial charge in [0.15, 0.2) is 0 Å². The predicted octanol–water partition coefficient (Wildman–Crippen LogP) is 3.93. The van der Waals surface area contributed by atoms with Crippen LogP contribution in [0.3, 0.4) is 0 Å². The number of benzene rings is 1. The quantitative estimate of drug-likeness (QED) is 0.760. The summed E-state index contributed by atoms with van der Waals surface area (Å²) in [4.78, 5) is 0. The van der Waals surface area contributed by atoms with Crippen LogP contribution in [0.15, 0.2) is 30.3 Å². The maximum atomic E-state index is 13.3. The van der Waals surface area contributed by atoms with Gasteiger partial charge in [0.25, 0.3) is 6.08 Å². The molecule has 4 heteroatoms. The maximum absolute atomic E-state index is 13.3. The summed E-state index contributed by atoms with van der Waals surface area (Å²) in [6.07, 6.45) is 1.90. The molecule has 1 heterocycles. The lowest BCUT2D eigenvalue weighted by Crippen LogP contribution is -2.48. The van der Waals surface area contributed by atoms with Gasteiger partial charge in [-0.3, -0.25) is 0 Å². The monoisotopic (exact) mass is 282 g/mol. The van der Waals surface area contributed by atoms with Crippen LogP contribution in [0.1, 0.15) is 24.8 Å². The molecule has 110 valence electrons. The van der Waals surface area contributed by atoms with Gasteiger partial charge in [0, 0.05) is 0 Å². The number of rotatable bonds is 4. The van der Waals surface area contributed by atoms with Crippen LogP contribution < -0.4 is 4.74 Å². The standard InChI is InChI=1S/C16H22F2NO/c1-19(10-4-3-5-11-19)12-15(16(17)18)13-6-8-14(20-2)9-7-13/h6-9H,3-5,10-12H2,1-2H3/q+1. The number of ether oxygens (including phenoxy) is 1. The van der Waals surface area contributed by atoms with Crippen molar-refractivity contribution >= 4 is 5.57 Å². The van der Waals surface area contributed by atoms with E-state index in [1.165, 1.54) is 6.42 Å². The second kappa shape index (κ2) is 6.35. The second-order valence-electron chi connectivity index (χ2n) is 5.75. The number of likely N-dealkylation sites (N-methyl/N-ethyl adjacent to an activating group) is 1. The van der Waals surface area contributed by atoms with Crippen molar-refractivity contribution in [2.45, 2.75) is 19.3 Å². The molecule has 20 heavy (non-hydrogen) atoms. The van der Waals surface area contributed by atoms with Crippen molar-refractivity contribution in [2.75, 3.05) is 33.8 Å². The molecule has 1 fully saturated rings. The van der Waals surface area contributed by atoms with E-state index in [0.29, 0.717) is 22.3 Å². The van der Waals surface area contributed by atoms with Crippen molar-refractivity contribution in [2.24, 2.45) is 0 Å². The van der Waals surface area contributed by atoms with Crippen LogP contribution in [0.5, 0.6) is 5.75 Å². The highest BCUT2D eigenvalue weighted by atomic mass is 19.3. The van der Waals surface area contributed by atoms with E-state index in [2.05, 4.69) is 7.05 Å². The summed E-state index contributed by atoms with van der Waals surface area (Å²) in [7, 11) is 3.65. The zero-order chi connectivity index (χ0) is 14.6. The summed E-state index contributed by atoms with van der Waals surface area (Å²) in [5.41, 5.74) is 0.757. The molecule has 0 unspecified atom stereocenters. The molecule has 0 spiro atoms. The fraction of sp³-hybridized carbons (Fsp3) is 0.500. The van der Waals surface area contributed by atoms with Gasteiger partial charge < -0.3 is 9.22 Å². The average Bonchev–Trinajstić information content (AvgIpc) is 2.45. The molecule has 2 nitrogen and oxygen atoms in total. The fourth-order valence-electron chi connectivity index (χ4n) is 2.87. The zero-order valence-electron chi connectivity index (χ0n) is 12.2. The van der Waals surface area contributed by atoms with Crippen LogP contribution in [0.4, 0.5) is 8.78 Å². The minimum absolute atomic E-state index is 0.164. The van der Waals surface area contributed by atoms with Gasteiger partial charge >= 0.3 is 0 Å². The van der Waals surface area contributed by atoms with E-state index in [0.717, 1.165) is 25.9 Å². The topological polar surface area (TPSA) is 9.23 Å². The molecule has 1 aliphatic rings. The van der Waals surface area contributed by atoms with Crippen LogP contribution in [-0.2, 0) is 0 Å². The van der Waals surface area contributed by atoms with Gasteiger partial charge in [-0.15, -0.1) is 0 Å². The van der Waals surface area contributed by atoms with E-state index in [4.69, 9.17) is 4.74 Å². The summed E-state index contributed by atoms with van der Waals surface area (Å²) in [6, 6.07) is 6.88. The lowest BCUT2D eigenvalue weighted by molar-refractivity contribution is -0.906. The molecular weight excluding hydrogens is 260 g/mol. The Balaban J connectivity index is 2.21. The Hall–Kier alpha value is -1.42. The predicted molar refractivity (Wildman–Crippen MR) is 76.8 cm³/mol. The molecule has 0 bridgehead atoms. The Morgan fingerprint density at radius 1 is 1.10 bits per heavy atom. The average molecular weight is 282 g/mol. The highest BCUT2D eigenvalue weighted by Gasteiger charge is 2.28. The molecule has 0 aromatic heterocycles. The zero-order valence-corrected chi connectivity index (χ0v) is 12.2. The van der Waals surface area contributed by atoms with Gasteiger partial charge in [0.05, 0.1) is 32.8 Å². The molecule has 1 aromatic carbocycles. The third-order valence-corrected chi connectivity index (χ3v) is 4.10. The number of likely N-dealkylation sites (tertiary alicyclic amines) is 1. The number of hydrogen-bond donors (Lipinski definition) is 0. The van der Waals surface area contributed by atoms with Crippen molar-refractivity contribution in [1.82, 2.24) is 0 Å².